The molecular weight excluding hydrogens is 248 g/mol. The van der Waals surface area contributed by atoms with E-state index in [1.165, 1.54) is 12.0 Å². The molecule has 1 fully saturated rings. The molecule has 0 aromatic heterocycles. The third kappa shape index (κ3) is 4.09. The van der Waals surface area contributed by atoms with Gasteiger partial charge >= 0.3 is 12.1 Å². The largest absolute Gasteiger partial charge is 0.467 e. The maximum absolute atomic E-state index is 12.1. The van der Waals surface area contributed by atoms with Crippen LogP contribution in [0.5, 0.6) is 0 Å². The minimum absolute atomic E-state index is 0.136. The van der Waals surface area contributed by atoms with Gasteiger partial charge in [0.15, 0.2) is 0 Å². The van der Waals surface area contributed by atoms with E-state index in [1.54, 1.807) is 20.8 Å². The maximum atomic E-state index is 12.1. The minimum atomic E-state index is -0.575. The molecule has 0 radical (unpaired) electrons. The first-order valence-corrected chi connectivity index (χ1v) is 6.39. The molecule has 1 aliphatic rings. The molecule has 0 aliphatic carbocycles. The molecule has 0 saturated carbocycles. The SMILES string of the molecule is COC(=O)[C@H]1C[C@H](N(C)C)CN1C(=O)OC(C)(C)C. The van der Waals surface area contributed by atoms with Crippen molar-refractivity contribution in [2.75, 3.05) is 27.7 Å². The molecule has 0 unspecified atom stereocenters. The molecule has 0 aromatic rings. The summed E-state index contributed by atoms with van der Waals surface area (Å²) < 4.78 is 10.1. The second-order valence-electron chi connectivity index (χ2n) is 6.02. The van der Waals surface area contributed by atoms with Crippen molar-refractivity contribution >= 4 is 12.1 Å². The van der Waals surface area contributed by atoms with E-state index in [1.807, 2.05) is 19.0 Å². The molecule has 0 N–H and O–H groups in total. The van der Waals surface area contributed by atoms with Gasteiger partial charge in [0.25, 0.3) is 0 Å². The number of hydrogen-bond donors (Lipinski definition) is 0. The van der Waals surface area contributed by atoms with Crippen LogP contribution < -0.4 is 0 Å². The van der Waals surface area contributed by atoms with E-state index in [2.05, 4.69) is 0 Å². The zero-order valence-electron chi connectivity index (χ0n) is 12.6. The topological polar surface area (TPSA) is 59.1 Å². The van der Waals surface area contributed by atoms with Gasteiger partial charge in [0.1, 0.15) is 11.6 Å². The highest BCUT2D eigenvalue weighted by molar-refractivity contribution is 5.82. The molecule has 0 aromatic carbocycles. The Hall–Kier alpha value is -1.30. The lowest BCUT2D eigenvalue weighted by Crippen LogP contribution is -2.44. The molecule has 1 amide bonds. The first-order chi connectivity index (χ1) is 8.65. The number of methoxy groups -OCH3 is 1. The smallest absolute Gasteiger partial charge is 0.411 e. The Morgan fingerprint density at radius 2 is 1.84 bits per heavy atom. The molecule has 1 heterocycles. The number of likely N-dealkylation sites (N-methyl/N-ethyl adjacent to an activating group) is 1. The normalized spacial score (nSPS) is 23.6. The number of hydrogen-bond acceptors (Lipinski definition) is 5. The van der Waals surface area contributed by atoms with E-state index in [9.17, 15) is 9.59 Å². The molecule has 1 rings (SSSR count). The number of esters is 1. The Balaban J connectivity index is 2.83. The van der Waals surface area contributed by atoms with Gasteiger partial charge in [0.05, 0.1) is 7.11 Å². The third-order valence-corrected chi connectivity index (χ3v) is 3.11. The highest BCUT2D eigenvalue weighted by Gasteiger charge is 2.42. The fourth-order valence-electron chi connectivity index (χ4n) is 2.07. The highest BCUT2D eigenvalue weighted by atomic mass is 16.6. The van der Waals surface area contributed by atoms with Gasteiger partial charge in [-0.1, -0.05) is 0 Å². The average Bonchev–Trinajstić information content (AvgIpc) is 2.70. The summed E-state index contributed by atoms with van der Waals surface area (Å²) in [5.41, 5.74) is -0.575. The molecule has 1 saturated heterocycles. The van der Waals surface area contributed by atoms with Crippen LogP contribution in [-0.2, 0) is 14.3 Å². The summed E-state index contributed by atoms with van der Waals surface area (Å²) in [6, 6.07) is -0.427. The minimum Gasteiger partial charge on any atom is -0.467 e. The van der Waals surface area contributed by atoms with Crippen molar-refractivity contribution in [3.8, 4) is 0 Å². The van der Waals surface area contributed by atoms with Crippen molar-refractivity contribution in [3.63, 3.8) is 0 Å². The van der Waals surface area contributed by atoms with Gasteiger partial charge in [-0.05, 0) is 41.3 Å². The fraction of sp³-hybridized carbons (Fsp3) is 0.846. The Bertz CT molecular complexity index is 349. The van der Waals surface area contributed by atoms with Crippen LogP contribution in [0.25, 0.3) is 0 Å². The van der Waals surface area contributed by atoms with Crippen LogP contribution in [-0.4, -0.2) is 67.3 Å². The molecule has 110 valence electrons. The third-order valence-electron chi connectivity index (χ3n) is 3.11. The average molecular weight is 272 g/mol. The van der Waals surface area contributed by atoms with Crippen molar-refractivity contribution in [2.24, 2.45) is 0 Å². The summed E-state index contributed by atoms with van der Waals surface area (Å²) in [6.07, 6.45) is 0.103. The molecule has 6 nitrogen and oxygen atoms in total. The summed E-state index contributed by atoms with van der Waals surface area (Å²) in [6.45, 7) is 5.88. The summed E-state index contributed by atoms with van der Waals surface area (Å²) in [4.78, 5) is 27.4. The molecule has 0 spiro atoms. The standard InChI is InChI=1S/C13H24N2O4/c1-13(2,3)19-12(17)15-8-9(14(4)5)7-10(15)11(16)18-6/h9-10H,7-8H2,1-6H3/t9-,10+/m0/s1. The predicted molar refractivity (Wildman–Crippen MR) is 70.8 cm³/mol. The molecule has 6 heteroatoms. The molecular formula is C13H24N2O4. The van der Waals surface area contributed by atoms with E-state index < -0.39 is 23.7 Å². The monoisotopic (exact) mass is 272 g/mol. The Morgan fingerprint density at radius 1 is 1.26 bits per heavy atom. The zero-order chi connectivity index (χ0) is 14.8. The van der Waals surface area contributed by atoms with E-state index in [0.717, 1.165) is 0 Å². The van der Waals surface area contributed by atoms with Gasteiger partial charge in [-0.3, -0.25) is 4.90 Å². The van der Waals surface area contributed by atoms with Gasteiger partial charge in [-0.25, -0.2) is 9.59 Å². The highest BCUT2D eigenvalue weighted by Crippen LogP contribution is 2.24. The number of amides is 1. The fourth-order valence-corrected chi connectivity index (χ4v) is 2.07. The summed E-state index contributed by atoms with van der Waals surface area (Å²) >= 11 is 0. The molecule has 2 atom stereocenters. The summed E-state index contributed by atoms with van der Waals surface area (Å²) in [5.74, 6) is -0.393. The number of ether oxygens (including phenoxy) is 2. The van der Waals surface area contributed by atoms with Crippen LogP contribution in [0.1, 0.15) is 27.2 Å². The first-order valence-electron chi connectivity index (χ1n) is 6.39. The zero-order valence-corrected chi connectivity index (χ0v) is 12.6. The lowest BCUT2D eigenvalue weighted by Gasteiger charge is -2.27. The number of nitrogens with zero attached hydrogens (tertiary/aromatic N) is 2. The Kier molecular flexibility index (Phi) is 4.79. The maximum Gasteiger partial charge on any atom is 0.411 e. The summed E-state index contributed by atoms with van der Waals surface area (Å²) in [7, 11) is 5.19. The Labute approximate surface area is 114 Å². The lowest BCUT2D eigenvalue weighted by atomic mass is 10.1. The van der Waals surface area contributed by atoms with Gasteiger partial charge in [0.2, 0.25) is 0 Å². The van der Waals surface area contributed by atoms with Gasteiger partial charge in [-0.15, -0.1) is 0 Å². The second kappa shape index (κ2) is 5.77. The Morgan fingerprint density at radius 3 is 2.26 bits per heavy atom. The van der Waals surface area contributed by atoms with E-state index in [4.69, 9.17) is 9.47 Å². The van der Waals surface area contributed by atoms with Crippen LogP contribution in [0, 0.1) is 0 Å². The quantitative estimate of drug-likeness (QED) is 0.704. The number of carbonyl (C=O) groups excluding carboxylic acids is 2. The van der Waals surface area contributed by atoms with E-state index in [-0.39, 0.29) is 6.04 Å². The van der Waals surface area contributed by atoms with Crippen molar-refractivity contribution in [1.29, 1.82) is 0 Å². The number of likely N-dealkylation sites (tertiary alicyclic amines) is 1. The summed E-state index contributed by atoms with van der Waals surface area (Å²) in [5, 5.41) is 0. The number of carbonyl (C=O) groups is 2. The second-order valence-corrected chi connectivity index (χ2v) is 6.02. The van der Waals surface area contributed by atoms with E-state index in [0.29, 0.717) is 13.0 Å². The van der Waals surface area contributed by atoms with Crippen LogP contribution in [0.15, 0.2) is 0 Å². The van der Waals surface area contributed by atoms with Gasteiger partial charge in [0, 0.05) is 12.6 Å². The number of rotatable bonds is 2. The van der Waals surface area contributed by atoms with Crippen molar-refractivity contribution in [1.82, 2.24) is 9.80 Å². The van der Waals surface area contributed by atoms with Crippen molar-refractivity contribution in [2.45, 2.75) is 44.9 Å². The molecule has 19 heavy (non-hydrogen) atoms. The van der Waals surface area contributed by atoms with Crippen LogP contribution in [0.4, 0.5) is 4.79 Å². The van der Waals surface area contributed by atoms with Crippen LogP contribution in [0.2, 0.25) is 0 Å². The van der Waals surface area contributed by atoms with Crippen LogP contribution >= 0.6 is 0 Å². The van der Waals surface area contributed by atoms with Gasteiger partial charge in [-0.2, -0.15) is 0 Å². The lowest BCUT2D eigenvalue weighted by molar-refractivity contribution is -0.145. The van der Waals surface area contributed by atoms with Crippen molar-refractivity contribution in [3.05, 3.63) is 0 Å². The molecule has 0 bridgehead atoms. The van der Waals surface area contributed by atoms with Gasteiger partial charge < -0.3 is 14.4 Å². The molecule has 1 aliphatic heterocycles. The predicted octanol–water partition coefficient (Wildman–Crippen LogP) is 1.10. The first kappa shape index (κ1) is 15.8. The van der Waals surface area contributed by atoms with Crippen molar-refractivity contribution < 1.29 is 19.1 Å². The van der Waals surface area contributed by atoms with E-state index >= 15 is 0 Å². The van der Waals surface area contributed by atoms with Crippen LogP contribution in [0.3, 0.4) is 0 Å².